The molecule has 0 aliphatic rings. The first kappa shape index (κ1) is 16.0. The van der Waals surface area contributed by atoms with Gasteiger partial charge in [-0.2, -0.15) is 0 Å². The van der Waals surface area contributed by atoms with Gasteiger partial charge in [-0.1, -0.05) is 18.2 Å². The van der Waals surface area contributed by atoms with Gasteiger partial charge in [-0.05, 0) is 36.4 Å². The Kier molecular flexibility index (Phi) is 3.72. The zero-order valence-electron chi connectivity index (χ0n) is 14.5. The van der Waals surface area contributed by atoms with Gasteiger partial charge in [0.1, 0.15) is 11.4 Å². The van der Waals surface area contributed by atoms with E-state index in [2.05, 4.69) is 30.2 Å². The summed E-state index contributed by atoms with van der Waals surface area (Å²) in [6, 6.07) is 18.3. The van der Waals surface area contributed by atoms with Gasteiger partial charge in [0.15, 0.2) is 5.82 Å². The molecule has 3 N–H and O–H groups in total. The fourth-order valence-electron chi connectivity index (χ4n) is 2.92. The molecule has 0 unspecified atom stereocenters. The van der Waals surface area contributed by atoms with Crippen LogP contribution in [0.15, 0.2) is 66.9 Å². The first-order chi connectivity index (χ1) is 13.7. The summed E-state index contributed by atoms with van der Waals surface area (Å²) in [5.74, 6) is 1.36. The van der Waals surface area contributed by atoms with Crippen molar-refractivity contribution < 1.29 is 9.53 Å². The van der Waals surface area contributed by atoms with Gasteiger partial charge in [0, 0.05) is 12.3 Å². The van der Waals surface area contributed by atoms with E-state index in [0.29, 0.717) is 17.5 Å². The molecule has 0 spiro atoms. The number of rotatable bonds is 3. The van der Waals surface area contributed by atoms with Crippen molar-refractivity contribution in [3.63, 3.8) is 0 Å². The molecule has 3 aromatic heterocycles. The Morgan fingerprint density at radius 3 is 2.61 bits per heavy atom. The van der Waals surface area contributed by atoms with Crippen molar-refractivity contribution in [2.45, 2.75) is 0 Å². The molecule has 2 aromatic carbocycles. The van der Waals surface area contributed by atoms with Crippen LogP contribution in [0.2, 0.25) is 0 Å². The zero-order valence-corrected chi connectivity index (χ0v) is 14.5. The van der Waals surface area contributed by atoms with Gasteiger partial charge in [0.05, 0.1) is 22.1 Å². The molecule has 3 heterocycles. The number of pyridine rings is 1. The van der Waals surface area contributed by atoms with E-state index in [4.69, 9.17) is 4.74 Å². The van der Waals surface area contributed by atoms with Crippen molar-refractivity contribution in [2.75, 3.05) is 5.32 Å². The van der Waals surface area contributed by atoms with Gasteiger partial charge >= 0.3 is 6.09 Å². The monoisotopic (exact) mass is 370 g/mol. The Hall–Kier alpha value is -4.20. The highest BCUT2D eigenvalue weighted by Crippen LogP contribution is 2.23. The highest BCUT2D eigenvalue weighted by Gasteiger charge is 2.11. The lowest BCUT2D eigenvalue weighted by Crippen LogP contribution is -2.17. The van der Waals surface area contributed by atoms with E-state index in [9.17, 15) is 4.79 Å². The number of anilines is 1. The number of carbonyl (C=O) groups is 1. The van der Waals surface area contributed by atoms with Crippen LogP contribution in [-0.4, -0.2) is 31.0 Å². The fraction of sp³-hybridized carbons (Fsp3) is 0. The van der Waals surface area contributed by atoms with Crippen LogP contribution in [0, 0.1) is 0 Å². The molecule has 28 heavy (non-hydrogen) atoms. The average molecular weight is 370 g/mol. The van der Waals surface area contributed by atoms with Crippen molar-refractivity contribution in [2.24, 2.45) is 0 Å². The quantitative estimate of drug-likeness (QED) is 0.443. The van der Waals surface area contributed by atoms with E-state index in [-0.39, 0.29) is 0 Å². The number of carbonyl (C=O) groups excluding carboxylic acids is 1. The van der Waals surface area contributed by atoms with Crippen LogP contribution in [0.1, 0.15) is 0 Å². The van der Waals surface area contributed by atoms with Gasteiger partial charge in [-0.15, -0.1) is 0 Å². The molecular weight excluding hydrogens is 356 g/mol. The van der Waals surface area contributed by atoms with Crippen molar-refractivity contribution in [1.82, 2.24) is 24.9 Å². The second-order valence-electron chi connectivity index (χ2n) is 6.10. The smallest absolute Gasteiger partial charge is 0.410 e. The minimum Gasteiger partial charge on any atom is -0.410 e. The topological polar surface area (TPSA) is 109 Å². The van der Waals surface area contributed by atoms with Gasteiger partial charge in [0.25, 0.3) is 0 Å². The largest absolute Gasteiger partial charge is 0.419 e. The number of nitrogens with zero attached hydrogens (tertiary/aromatic N) is 3. The van der Waals surface area contributed by atoms with Crippen LogP contribution in [-0.2, 0) is 0 Å². The number of amides is 1. The van der Waals surface area contributed by atoms with Crippen LogP contribution in [0.3, 0.4) is 0 Å². The third kappa shape index (κ3) is 3.03. The van der Waals surface area contributed by atoms with Crippen LogP contribution in [0.25, 0.3) is 33.6 Å². The molecule has 0 radical (unpaired) electrons. The maximum Gasteiger partial charge on any atom is 0.419 e. The number of imidazole rings is 2. The zero-order chi connectivity index (χ0) is 18.9. The first-order valence-electron chi connectivity index (χ1n) is 8.59. The maximum absolute atomic E-state index is 12.2. The van der Waals surface area contributed by atoms with Crippen molar-refractivity contribution in [1.29, 1.82) is 0 Å². The number of nitrogens with one attached hydrogen (secondary N) is 3. The molecule has 1 amide bonds. The minimum absolute atomic E-state index is 0.325. The summed E-state index contributed by atoms with van der Waals surface area (Å²) in [5, 5.41) is 2.60. The third-order valence-electron chi connectivity index (χ3n) is 4.18. The Morgan fingerprint density at radius 2 is 1.75 bits per heavy atom. The number of fused-ring (bicyclic) bond motifs is 2. The number of benzene rings is 2. The number of hydrogen-bond donors (Lipinski definition) is 3. The number of ether oxygens (including phenoxy) is 1. The lowest BCUT2D eigenvalue weighted by atomic mass is 10.3. The molecule has 5 aromatic rings. The van der Waals surface area contributed by atoms with Crippen LogP contribution < -0.4 is 10.1 Å². The average Bonchev–Trinajstić information content (AvgIpc) is 3.31. The standard InChI is InChI=1S/C20H14N6O2/c27-20(26-19-24-13-5-1-2-6-14(13)25-19)28-12-8-9-15-17(11-12)23-18(22-15)16-7-3-4-10-21-16/h1-11H,(H,22,23)(H2,24,25,26,27). The molecule has 0 aliphatic heterocycles. The molecule has 0 fully saturated rings. The highest BCUT2D eigenvalue weighted by atomic mass is 16.6. The molecule has 8 heteroatoms. The van der Waals surface area contributed by atoms with Crippen LogP contribution in [0.4, 0.5) is 10.7 Å². The molecular formula is C20H14N6O2. The SMILES string of the molecule is O=C(Nc1nc2ccccc2[nH]1)Oc1ccc2nc(-c3ccccn3)[nH]c2c1. The van der Waals surface area contributed by atoms with Crippen molar-refractivity contribution in [3.05, 3.63) is 66.9 Å². The van der Waals surface area contributed by atoms with E-state index in [1.54, 1.807) is 24.4 Å². The second kappa shape index (κ2) is 6.51. The van der Waals surface area contributed by atoms with Crippen molar-refractivity contribution in [3.8, 4) is 17.3 Å². The molecule has 136 valence electrons. The Bertz CT molecular complexity index is 1260. The minimum atomic E-state index is -0.636. The Balaban J connectivity index is 1.35. The molecule has 5 rings (SSSR count). The summed E-state index contributed by atoms with van der Waals surface area (Å²) in [5.41, 5.74) is 3.83. The van der Waals surface area contributed by atoms with Crippen LogP contribution >= 0.6 is 0 Å². The van der Waals surface area contributed by atoms with Crippen LogP contribution in [0.5, 0.6) is 5.75 Å². The molecule has 0 atom stereocenters. The summed E-state index contributed by atoms with van der Waals surface area (Å²) in [4.78, 5) is 31.5. The van der Waals surface area contributed by atoms with Gasteiger partial charge < -0.3 is 14.7 Å². The lowest BCUT2D eigenvalue weighted by molar-refractivity contribution is 0.215. The molecule has 0 saturated heterocycles. The summed E-state index contributed by atoms with van der Waals surface area (Å²) in [6.45, 7) is 0. The van der Waals surface area contributed by atoms with E-state index < -0.39 is 6.09 Å². The summed E-state index contributed by atoms with van der Waals surface area (Å²) in [6.07, 6.45) is 1.07. The number of aromatic nitrogens is 5. The van der Waals surface area contributed by atoms with Gasteiger partial charge in [-0.25, -0.2) is 14.8 Å². The first-order valence-corrected chi connectivity index (χ1v) is 8.59. The van der Waals surface area contributed by atoms with E-state index in [1.807, 2.05) is 42.5 Å². The molecule has 0 saturated carbocycles. The predicted molar refractivity (Wildman–Crippen MR) is 105 cm³/mol. The number of aromatic amines is 2. The highest BCUT2D eigenvalue weighted by molar-refractivity contribution is 5.88. The summed E-state index contributed by atoms with van der Waals surface area (Å²) >= 11 is 0. The number of hydrogen-bond acceptors (Lipinski definition) is 5. The lowest BCUT2D eigenvalue weighted by Gasteiger charge is -2.04. The Morgan fingerprint density at radius 1 is 0.893 bits per heavy atom. The van der Waals surface area contributed by atoms with Gasteiger partial charge in [-0.3, -0.25) is 10.3 Å². The predicted octanol–water partition coefficient (Wildman–Crippen LogP) is 4.11. The maximum atomic E-state index is 12.2. The molecule has 0 bridgehead atoms. The molecule has 0 aliphatic carbocycles. The summed E-state index contributed by atoms with van der Waals surface area (Å²) in [7, 11) is 0. The summed E-state index contributed by atoms with van der Waals surface area (Å²) < 4.78 is 5.36. The number of H-pyrrole nitrogens is 2. The van der Waals surface area contributed by atoms with E-state index in [1.165, 1.54) is 0 Å². The van der Waals surface area contributed by atoms with Crippen molar-refractivity contribution >= 4 is 34.1 Å². The second-order valence-corrected chi connectivity index (χ2v) is 6.10. The van der Waals surface area contributed by atoms with E-state index in [0.717, 1.165) is 27.8 Å². The van der Waals surface area contributed by atoms with Gasteiger partial charge in [0.2, 0.25) is 5.95 Å². The molecule has 8 nitrogen and oxygen atoms in total. The Labute approximate surface area is 158 Å². The number of para-hydroxylation sites is 2. The van der Waals surface area contributed by atoms with E-state index >= 15 is 0 Å². The normalized spacial score (nSPS) is 11.0. The third-order valence-corrected chi connectivity index (χ3v) is 4.18. The fourth-order valence-corrected chi connectivity index (χ4v) is 2.92.